The molecule has 1 heterocycles. The Bertz CT molecular complexity index is 741. The van der Waals surface area contributed by atoms with Gasteiger partial charge in [-0.2, -0.15) is 5.26 Å². The van der Waals surface area contributed by atoms with Gasteiger partial charge in [0.15, 0.2) is 0 Å². The fourth-order valence-electron chi connectivity index (χ4n) is 3.22. The number of benzene rings is 1. The molecule has 2 rings (SSSR count). The number of hydrogen-bond acceptors (Lipinski definition) is 5. The van der Waals surface area contributed by atoms with Crippen molar-refractivity contribution < 1.29 is 19.0 Å². The second kappa shape index (κ2) is 7.57. The molecule has 0 radical (unpaired) electrons. The van der Waals surface area contributed by atoms with Crippen molar-refractivity contribution in [3.63, 3.8) is 0 Å². The summed E-state index contributed by atoms with van der Waals surface area (Å²) in [5.74, 6) is 0.497. The average Bonchev–Trinajstić information content (AvgIpc) is 2.72. The molecule has 27 heavy (non-hydrogen) atoms. The minimum absolute atomic E-state index is 0.191. The zero-order valence-corrected chi connectivity index (χ0v) is 17.7. The monoisotopic (exact) mass is 394 g/mol. The van der Waals surface area contributed by atoms with E-state index in [1.807, 2.05) is 48.5 Å². The van der Waals surface area contributed by atoms with E-state index < -0.39 is 17.4 Å². The fraction of sp³-hybridized carbons (Fsp3) is 0.600. The van der Waals surface area contributed by atoms with Crippen molar-refractivity contribution in [1.29, 1.82) is 5.26 Å². The van der Waals surface area contributed by atoms with Gasteiger partial charge < -0.3 is 14.2 Å². The van der Waals surface area contributed by atoms with E-state index in [0.717, 1.165) is 5.56 Å². The molecule has 1 saturated heterocycles. The molecular weight excluding hydrogens is 368 g/mol. The smallest absolute Gasteiger partial charge is 0.413 e. The SMILES string of the molecule is Cc1cc(C#N)cc(Cl)c1OC[C@H]1[C@@H](C)OC(C)(C)N1C(=O)OC(C)(C)C. The molecule has 1 aromatic rings. The molecule has 6 nitrogen and oxygen atoms in total. The molecule has 0 aromatic heterocycles. The molecule has 7 heteroatoms. The third-order valence-electron chi connectivity index (χ3n) is 4.27. The standard InChI is InChI=1S/C20H27ClN2O4/c1-12-8-14(10-22)9-15(21)17(12)25-11-16-13(2)26-20(6,7)23(16)18(24)27-19(3,4)5/h8-9,13,16H,11H2,1-7H3/t13-,16+/m1/s1. The number of carbonyl (C=O) groups excluding carboxylic acids is 1. The van der Waals surface area contributed by atoms with Crippen LogP contribution in [0, 0.1) is 18.3 Å². The molecule has 0 spiro atoms. The van der Waals surface area contributed by atoms with Crippen molar-refractivity contribution >= 4 is 17.7 Å². The molecule has 148 valence electrons. The highest BCUT2D eigenvalue weighted by Gasteiger charge is 2.50. The Kier molecular flexibility index (Phi) is 5.98. The van der Waals surface area contributed by atoms with Gasteiger partial charge >= 0.3 is 6.09 Å². The van der Waals surface area contributed by atoms with Gasteiger partial charge in [-0.1, -0.05) is 11.6 Å². The first kappa shape index (κ1) is 21.3. The van der Waals surface area contributed by atoms with Crippen molar-refractivity contribution in [2.45, 2.75) is 71.9 Å². The molecule has 0 aliphatic carbocycles. The maximum absolute atomic E-state index is 12.8. The summed E-state index contributed by atoms with van der Waals surface area (Å²) in [6.07, 6.45) is -0.696. The van der Waals surface area contributed by atoms with E-state index in [9.17, 15) is 4.79 Å². The van der Waals surface area contributed by atoms with Crippen LogP contribution in [0.4, 0.5) is 4.79 Å². The molecule has 1 fully saturated rings. The van der Waals surface area contributed by atoms with Gasteiger partial charge in [-0.3, -0.25) is 4.90 Å². The zero-order valence-electron chi connectivity index (χ0n) is 16.9. The Balaban J connectivity index is 2.23. The number of nitriles is 1. The minimum Gasteiger partial charge on any atom is -0.489 e. The van der Waals surface area contributed by atoms with Gasteiger partial charge in [0.2, 0.25) is 0 Å². The quantitative estimate of drug-likeness (QED) is 0.745. The van der Waals surface area contributed by atoms with E-state index in [-0.39, 0.29) is 18.8 Å². The van der Waals surface area contributed by atoms with Gasteiger partial charge in [0, 0.05) is 0 Å². The number of aryl methyl sites for hydroxylation is 1. The number of carbonyl (C=O) groups is 1. The Morgan fingerprint density at radius 3 is 2.56 bits per heavy atom. The topological polar surface area (TPSA) is 71.8 Å². The summed E-state index contributed by atoms with van der Waals surface area (Å²) in [5.41, 5.74) is -0.205. The summed E-state index contributed by atoms with van der Waals surface area (Å²) in [5, 5.41) is 9.40. The van der Waals surface area contributed by atoms with Crippen molar-refractivity contribution in [3.8, 4) is 11.8 Å². The van der Waals surface area contributed by atoms with Gasteiger partial charge in [-0.25, -0.2) is 4.79 Å². The lowest BCUT2D eigenvalue weighted by atomic mass is 10.1. The predicted octanol–water partition coefficient (Wildman–Crippen LogP) is 4.66. The largest absolute Gasteiger partial charge is 0.489 e. The maximum Gasteiger partial charge on any atom is 0.413 e. The highest BCUT2D eigenvalue weighted by Crippen LogP contribution is 2.35. The second-order valence-electron chi connectivity index (χ2n) is 8.21. The number of rotatable bonds is 3. The Morgan fingerprint density at radius 2 is 2.04 bits per heavy atom. The van der Waals surface area contributed by atoms with Crippen LogP contribution in [0.3, 0.4) is 0 Å². The number of hydrogen-bond donors (Lipinski definition) is 0. The summed E-state index contributed by atoms with van der Waals surface area (Å²) >= 11 is 6.26. The van der Waals surface area contributed by atoms with E-state index >= 15 is 0 Å². The van der Waals surface area contributed by atoms with Crippen molar-refractivity contribution in [3.05, 3.63) is 28.3 Å². The van der Waals surface area contributed by atoms with Gasteiger partial charge in [-0.05, 0) is 66.2 Å². The van der Waals surface area contributed by atoms with Gasteiger partial charge in [0.25, 0.3) is 0 Å². The summed E-state index contributed by atoms with van der Waals surface area (Å²) in [6, 6.07) is 5.00. The van der Waals surface area contributed by atoms with Gasteiger partial charge in [-0.15, -0.1) is 0 Å². The first-order chi connectivity index (χ1) is 12.4. The Labute approximate surface area is 165 Å². The van der Waals surface area contributed by atoms with E-state index in [2.05, 4.69) is 6.07 Å². The van der Waals surface area contributed by atoms with Crippen LogP contribution in [-0.2, 0) is 9.47 Å². The molecule has 2 atom stereocenters. The zero-order chi connectivity index (χ0) is 20.6. The highest BCUT2D eigenvalue weighted by molar-refractivity contribution is 6.32. The molecule has 0 saturated carbocycles. The molecule has 0 unspecified atom stereocenters. The summed E-state index contributed by atoms with van der Waals surface area (Å²) in [7, 11) is 0. The number of nitrogens with zero attached hydrogens (tertiary/aromatic N) is 2. The first-order valence-corrected chi connectivity index (χ1v) is 9.26. The first-order valence-electron chi connectivity index (χ1n) is 8.89. The third kappa shape index (κ3) is 4.85. The van der Waals surface area contributed by atoms with E-state index in [0.29, 0.717) is 16.3 Å². The average molecular weight is 395 g/mol. The van der Waals surface area contributed by atoms with Gasteiger partial charge in [0.05, 0.1) is 28.8 Å². The molecular formula is C20H27ClN2O4. The van der Waals surface area contributed by atoms with Crippen molar-refractivity contribution in [2.75, 3.05) is 6.61 Å². The van der Waals surface area contributed by atoms with Crippen LogP contribution in [0.1, 0.15) is 52.7 Å². The van der Waals surface area contributed by atoms with E-state index in [1.54, 1.807) is 17.0 Å². The van der Waals surface area contributed by atoms with Crippen LogP contribution in [-0.4, -0.2) is 41.1 Å². The normalized spacial score (nSPS) is 21.7. The summed E-state index contributed by atoms with van der Waals surface area (Å²) in [4.78, 5) is 14.3. The lowest BCUT2D eigenvalue weighted by molar-refractivity contribution is -0.0760. The van der Waals surface area contributed by atoms with Gasteiger partial charge in [0.1, 0.15) is 23.7 Å². The number of halogens is 1. The van der Waals surface area contributed by atoms with E-state index in [1.165, 1.54) is 0 Å². The van der Waals surface area contributed by atoms with Crippen LogP contribution < -0.4 is 4.74 Å². The lowest BCUT2D eigenvalue weighted by Crippen LogP contribution is -2.52. The molecule has 0 N–H and O–H groups in total. The second-order valence-corrected chi connectivity index (χ2v) is 8.62. The minimum atomic E-state index is -0.820. The number of amides is 1. The predicted molar refractivity (Wildman–Crippen MR) is 103 cm³/mol. The number of ether oxygens (including phenoxy) is 3. The fourth-order valence-corrected chi connectivity index (χ4v) is 3.54. The van der Waals surface area contributed by atoms with Crippen LogP contribution in [0.15, 0.2) is 12.1 Å². The molecule has 1 aromatic carbocycles. The van der Waals surface area contributed by atoms with Crippen LogP contribution in [0.25, 0.3) is 0 Å². The van der Waals surface area contributed by atoms with Crippen molar-refractivity contribution in [2.24, 2.45) is 0 Å². The van der Waals surface area contributed by atoms with Crippen LogP contribution in [0.2, 0.25) is 5.02 Å². The third-order valence-corrected chi connectivity index (χ3v) is 4.56. The molecule has 1 aliphatic rings. The Hall–Kier alpha value is -1.97. The van der Waals surface area contributed by atoms with E-state index in [4.69, 9.17) is 31.1 Å². The van der Waals surface area contributed by atoms with Crippen LogP contribution >= 0.6 is 11.6 Å². The van der Waals surface area contributed by atoms with Crippen molar-refractivity contribution in [1.82, 2.24) is 4.90 Å². The molecule has 1 aliphatic heterocycles. The summed E-state index contributed by atoms with van der Waals surface area (Å²) < 4.78 is 17.5. The summed E-state index contributed by atoms with van der Waals surface area (Å²) in [6.45, 7) is 13.0. The molecule has 1 amide bonds. The highest BCUT2D eigenvalue weighted by atomic mass is 35.5. The van der Waals surface area contributed by atoms with Crippen LogP contribution in [0.5, 0.6) is 5.75 Å². The molecule has 0 bridgehead atoms. The lowest BCUT2D eigenvalue weighted by Gasteiger charge is -2.35. The Morgan fingerprint density at radius 1 is 1.41 bits per heavy atom. The maximum atomic E-state index is 12.8.